The molecule has 0 saturated heterocycles. The summed E-state index contributed by atoms with van der Waals surface area (Å²) in [6.45, 7) is 8.96. The first-order valence-corrected chi connectivity index (χ1v) is 6.29. The summed E-state index contributed by atoms with van der Waals surface area (Å²) < 4.78 is 5.51. The van der Waals surface area contributed by atoms with Gasteiger partial charge in [-0.15, -0.1) is 0 Å². The van der Waals surface area contributed by atoms with Gasteiger partial charge in [0.25, 0.3) is 0 Å². The van der Waals surface area contributed by atoms with E-state index in [0.29, 0.717) is 5.92 Å². The van der Waals surface area contributed by atoms with Gasteiger partial charge < -0.3 is 4.74 Å². The van der Waals surface area contributed by atoms with Crippen molar-refractivity contribution in [1.82, 2.24) is 0 Å². The molecule has 1 nitrogen and oxygen atoms in total. The highest BCUT2D eigenvalue weighted by Gasteiger charge is 2.29. The fourth-order valence-electron chi connectivity index (χ4n) is 2.60. The van der Waals surface area contributed by atoms with Crippen molar-refractivity contribution in [3.63, 3.8) is 0 Å². The van der Waals surface area contributed by atoms with Gasteiger partial charge in [0, 0.05) is 13.0 Å². The lowest BCUT2D eigenvalue weighted by molar-refractivity contribution is 0.107. The Morgan fingerprint density at radius 2 is 1.94 bits per heavy atom. The maximum Gasteiger partial charge on any atom is 0.0646 e. The molecule has 0 aliphatic heterocycles. The molecule has 0 radical (unpaired) electrons. The van der Waals surface area contributed by atoms with E-state index in [1.54, 1.807) is 7.11 Å². The van der Waals surface area contributed by atoms with Crippen LogP contribution >= 0.6 is 0 Å². The zero-order valence-electron chi connectivity index (χ0n) is 11.4. The molecule has 1 aromatic carbocycles. The van der Waals surface area contributed by atoms with Gasteiger partial charge in [-0.2, -0.15) is 0 Å². The number of hydrogen-bond acceptors (Lipinski definition) is 1. The van der Waals surface area contributed by atoms with Gasteiger partial charge in [-0.1, -0.05) is 51.1 Å². The van der Waals surface area contributed by atoms with E-state index in [1.807, 2.05) is 0 Å². The van der Waals surface area contributed by atoms with Gasteiger partial charge in [0.1, 0.15) is 0 Å². The summed E-state index contributed by atoms with van der Waals surface area (Å²) in [6.07, 6.45) is 4.73. The van der Waals surface area contributed by atoms with E-state index in [9.17, 15) is 0 Å². The molecule has 0 amide bonds. The number of hydrogen-bond donors (Lipinski definition) is 0. The summed E-state index contributed by atoms with van der Waals surface area (Å²) in [5, 5.41) is 0. The van der Waals surface area contributed by atoms with Gasteiger partial charge >= 0.3 is 0 Å². The standard InChI is InChI=1S/C16H22O/c1-11(17-5)13-10-9-12-7-6-8-14(15(12)13)16(2,3)4/h6-11,13H,1-5H3. The summed E-state index contributed by atoms with van der Waals surface area (Å²) in [5.74, 6) is 0.394. The number of fused-ring (bicyclic) bond motifs is 1. The smallest absolute Gasteiger partial charge is 0.0646 e. The van der Waals surface area contributed by atoms with E-state index in [0.717, 1.165) is 0 Å². The third-order valence-electron chi connectivity index (χ3n) is 3.64. The molecule has 1 aliphatic carbocycles. The van der Waals surface area contributed by atoms with Crippen molar-refractivity contribution in [2.75, 3.05) is 7.11 Å². The van der Waals surface area contributed by atoms with Gasteiger partial charge in [-0.05, 0) is 29.0 Å². The monoisotopic (exact) mass is 230 g/mol. The number of rotatable bonds is 2. The first-order chi connectivity index (χ1) is 7.95. The van der Waals surface area contributed by atoms with Crippen LogP contribution in [0, 0.1) is 0 Å². The summed E-state index contributed by atoms with van der Waals surface area (Å²) in [5.41, 5.74) is 4.43. The van der Waals surface area contributed by atoms with Gasteiger partial charge in [0.2, 0.25) is 0 Å². The van der Waals surface area contributed by atoms with E-state index in [1.165, 1.54) is 16.7 Å². The molecule has 2 unspecified atom stereocenters. The minimum Gasteiger partial charge on any atom is -0.381 e. The van der Waals surface area contributed by atoms with E-state index in [2.05, 4.69) is 58.0 Å². The molecular formula is C16H22O. The molecule has 0 bridgehead atoms. The Labute approximate surface area is 104 Å². The highest BCUT2D eigenvalue weighted by Crippen LogP contribution is 2.40. The molecule has 1 heteroatoms. The van der Waals surface area contributed by atoms with Crippen LogP contribution in [0.1, 0.15) is 50.3 Å². The molecule has 0 spiro atoms. The van der Waals surface area contributed by atoms with E-state index >= 15 is 0 Å². The predicted octanol–water partition coefficient (Wildman–Crippen LogP) is 4.13. The molecule has 1 aliphatic rings. The van der Waals surface area contributed by atoms with E-state index in [4.69, 9.17) is 4.74 Å². The fourth-order valence-corrected chi connectivity index (χ4v) is 2.60. The maximum atomic E-state index is 5.51. The zero-order valence-corrected chi connectivity index (χ0v) is 11.4. The zero-order chi connectivity index (χ0) is 12.6. The molecule has 0 heterocycles. The topological polar surface area (TPSA) is 9.23 Å². The minimum absolute atomic E-state index is 0.184. The summed E-state index contributed by atoms with van der Waals surface area (Å²) in [7, 11) is 1.79. The Morgan fingerprint density at radius 3 is 2.53 bits per heavy atom. The highest BCUT2D eigenvalue weighted by molar-refractivity contribution is 5.65. The molecule has 0 fully saturated rings. The van der Waals surface area contributed by atoms with Gasteiger partial charge in [0.05, 0.1) is 6.10 Å². The summed E-state index contributed by atoms with van der Waals surface area (Å²) >= 11 is 0. The third kappa shape index (κ3) is 2.16. The molecule has 0 aromatic heterocycles. The molecule has 92 valence electrons. The average Bonchev–Trinajstić information content (AvgIpc) is 2.70. The van der Waals surface area contributed by atoms with Gasteiger partial charge in [-0.3, -0.25) is 0 Å². The Morgan fingerprint density at radius 1 is 1.24 bits per heavy atom. The minimum atomic E-state index is 0.184. The van der Waals surface area contributed by atoms with Crippen molar-refractivity contribution in [2.45, 2.75) is 45.1 Å². The van der Waals surface area contributed by atoms with Crippen molar-refractivity contribution < 1.29 is 4.74 Å². The van der Waals surface area contributed by atoms with Crippen LogP contribution in [0.5, 0.6) is 0 Å². The Kier molecular flexibility index (Phi) is 3.13. The maximum absolute atomic E-state index is 5.51. The van der Waals surface area contributed by atoms with Gasteiger partial charge in [0.15, 0.2) is 0 Å². The fraction of sp³-hybridized carbons (Fsp3) is 0.500. The second-order valence-electron chi connectivity index (χ2n) is 5.88. The van der Waals surface area contributed by atoms with Crippen molar-refractivity contribution in [3.05, 3.63) is 41.0 Å². The molecule has 2 atom stereocenters. The molecule has 0 N–H and O–H groups in total. The normalized spacial score (nSPS) is 20.4. The van der Waals surface area contributed by atoms with Crippen molar-refractivity contribution in [3.8, 4) is 0 Å². The first kappa shape index (κ1) is 12.4. The average molecular weight is 230 g/mol. The van der Waals surface area contributed by atoms with E-state index < -0.39 is 0 Å². The highest BCUT2D eigenvalue weighted by atomic mass is 16.5. The van der Waals surface area contributed by atoms with Crippen LogP contribution in [-0.2, 0) is 10.2 Å². The third-order valence-corrected chi connectivity index (χ3v) is 3.64. The van der Waals surface area contributed by atoms with E-state index in [-0.39, 0.29) is 11.5 Å². The van der Waals surface area contributed by atoms with Crippen molar-refractivity contribution in [2.24, 2.45) is 0 Å². The van der Waals surface area contributed by atoms with Crippen LogP contribution in [0.25, 0.3) is 6.08 Å². The number of methoxy groups -OCH3 is 1. The number of ether oxygens (including phenoxy) is 1. The SMILES string of the molecule is COC(C)C1C=Cc2cccc(C(C)(C)C)c21. The van der Waals surface area contributed by atoms with Crippen molar-refractivity contribution in [1.29, 1.82) is 0 Å². The van der Waals surface area contributed by atoms with Crippen LogP contribution in [0.4, 0.5) is 0 Å². The quantitative estimate of drug-likeness (QED) is 0.742. The Balaban J connectivity index is 2.52. The first-order valence-electron chi connectivity index (χ1n) is 6.29. The lowest BCUT2D eigenvalue weighted by Gasteiger charge is -2.27. The molecule has 2 rings (SSSR count). The molecule has 1 aromatic rings. The summed E-state index contributed by atoms with van der Waals surface area (Å²) in [6, 6.07) is 6.61. The van der Waals surface area contributed by atoms with Gasteiger partial charge in [-0.25, -0.2) is 0 Å². The largest absolute Gasteiger partial charge is 0.381 e. The van der Waals surface area contributed by atoms with Crippen LogP contribution in [0.15, 0.2) is 24.3 Å². The van der Waals surface area contributed by atoms with Crippen LogP contribution in [0.3, 0.4) is 0 Å². The second kappa shape index (κ2) is 4.30. The lowest BCUT2D eigenvalue weighted by Crippen LogP contribution is -2.21. The molecule has 0 saturated carbocycles. The number of benzene rings is 1. The van der Waals surface area contributed by atoms with Crippen molar-refractivity contribution >= 4 is 6.08 Å². The van der Waals surface area contributed by atoms with Crippen LogP contribution < -0.4 is 0 Å². The summed E-state index contributed by atoms with van der Waals surface area (Å²) in [4.78, 5) is 0. The molecule has 17 heavy (non-hydrogen) atoms. The molecular weight excluding hydrogens is 208 g/mol. The van der Waals surface area contributed by atoms with Crippen LogP contribution in [-0.4, -0.2) is 13.2 Å². The Hall–Kier alpha value is -1.08. The predicted molar refractivity (Wildman–Crippen MR) is 73.4 cm³/mol. The Bertz CT molecular complexity index is 437. The second-order valence-corrected chi connectivity index (χ2v) is 5.88. The van der Waals surface area contributed by atoms with Crippen LogP contribution in [0.2, 0.25) is 0 Å². The lowest BCUT2D eigenvalue weighted by atomic mass is 9.79.